The van der Waals surface area contributed by atoms with Crippen molar-refractivity contribution in [3.8, 4) is 0 Å². The Morgan fingerprint density at radius 2 is 1.75 bits per heavy atom. The number of benzene rings is 3. The number of nitrogens with one attached hydrogen (secondary N) is 1. The maximum Gasteiger partial charge on any atom is 0.339 e. The van der Waals surface area contributed by atoms with E-state index in [1.54, 1.807) is 18.2 Å². The molecule has 4 nitrogen and oxygen atoms in total. The van der Waals surface area contributed by atoms with Crippen LogP contribution in [-0.2, 0) is 11.2 Å². The van der Waals surface area contributed by atoms with Crippen LogP contribution in [0.25, 0.3) is 0 Å². The highest BCUT2D eigenvalue weighted by Crippen LogP contribution is 2.31. The van der Waals surface area contributed by atoms with E-state index in [0.29, 0.717) is 23.2 Å². The molecular formula is C23H18BrNO3. The minimum absolute atomic E-state index is 0.212. The van der Waals surface area contributed by atoms with Gasteiger partial charge >= 0.3 is 5.97 Å². The molecule has 1 aliphatic rings. The highest BCUT2D eigenvalue weighted by Gasteiger charge is 2.28. The number of amides is 1. The predicted molar refractivity (Wildman–Crippen MR) is 112 cm³/mol. The molecule has 1 N–H and O–H groups in total. The zero-order valence-corrected chi connectivity index (χ0v) is 16.8. The van der Waals surface area contributed by atoms with Crippen molar-refractivity contribution >= 4 is 33.5 Å². The molecule has 3 aromatic carbocycles. The van der Waals surface area contributed by atoms with Gasteiger partial charge in [-0.15, -0.1) is 0 Å². The molecule has 0 spiro atoms. The van der Waals surface area contributed by atoms with Gasteiger partial charge in [-0.3, -0.25) is 4.79 Å². The number of rotatable bonds is 3. The minimum Gasteiger partial charge on any atom is -0.454 e. The fourth-order valence-corrected chi connectivity index (χ4v) is 3.50. The number of hydrogen-bond donors (Lipinski definition) is 1. The highest BCUT2D eigenvalue weighted by atomic mass is 79.9. The number of cyclic esters (lactones) is 1. The number of aryl methyl sites for hydroxylation is 1. The van der Waals surface area contributed by atoms with Gasteiger partial charge in [0.2, 0.25) is 0 Å². The summed E-state index contributed by atoms with van der Waals surface area (Å²) in [5.41, 5.74) is 4.67. The lowest BCUT2D eigenvalue weighted by molar-refractivity contribution is 0.0252. The first-order valence-corrected chi connectivity index (χ1v) is 9.76. The molecule has 140 valence electrons. The molecule has 0 saturated heterocycles. The summed E-state index contributed by atoms with van der Waals surface area (Å²) in [5.74, 6) is -0.567. The first-order chi connectivity index (χ1) is 13.5. The summed E-state index contributed by atoms with van der Waals surface area (Å²) in [6, 6.07) is 20.4. The van der Waals surface area contributed by atoms with Crippen molar-refractivity contribution < 1.29 is 14.3 Å². The van der Waals surface area contributed by atoms with Gasteiger partial charge in [0.15, 0.2) is 0 Å². The van der Waals surface area contributed by atoms with Crippen LogP contribution in [0.15, 0.2) is 71.2 Å². The lowest BCUT2D eigenvalue weighted by atomic mass is 9.92. The number of hydrogen-bond acceptors (Lipinski definition) is 3. The summed E-state index contributed by atoms with van der Waals surface area (Å²) in [4.78, 5) is 25.0. The zero-order valence-electron chi connectivity index (χ0n) is 15.2. The third kappa shape index (κ3) is 3.85. The third-order valence-electron chi connectivity index (χ3n) is 4.79. The summed E-state index contributed by atoms with van der Waals surface area (Å²) in [7, 11) is 0. The Bertz CT molecular complexity index is 1040. The Labute approximate surface area is 171 Å². The van der Waals surface area contributed by atoms with Crippen molar-refractivity contribution in [2.75, 3.05) is 5.32 Å². The topological polar surface area (TPSA) is 55.4 Å². The quantitative estimate of drug-likeness (QED) is 0.555. The number of esters is 1. The van der Waals surface area contributed by atoms with Crippen molar-refractivity contribution in [3.05, 3.63) is 99.0 Å². The summed E-state index contributed by atoms with van der Waals surface area (Å²) in [6.45, 7) is 2.02. The molecule has 4 rings (SSSR count). The molecule has 0 aromatic heterocycles. The van der Waals surface area contributed by atoms with E-state index >= 15 is 0 Å². The molecule has 1 heterocycles. The van der Waals surface area contributed by atoms with Gasteiger partial charge in [0, 0.05) is 22.1 Å². The fourth-order valence-electron chi connectivity index (χ4n) is 3.24. The summed E-state index contributed by atoms with van der Waals surface area (Å²) in [5, 5.41) is 2.88. The van der Waals surface area contributed by atoms with Gasteiger partial charge in [-0.05, 0) is 60.5 Å². The number of anilines is 1. The monoisotopic (exact) mass is 435 g/mol. The second-order valence-corrected chi connectivity index (χ2v) is 7.76. The molecule has 3 aromatic rings. The summed E-state index contributed by atoms with van der Waals surface area (Å²) < 4.78 is 6.55. The van der Waals surface area contributed by atoms with Gasteiger partial charge in [-0.1, -0.05) is 45.8 Å². The van der Waals surface area contributed by atoms with E-state index in [0.717, 1.165) is 21.2 Å². The highest BCUT2D eigenvalue weighted by molar-refractivity contribution is 9.10. The lowest BCUT2D eigenvalue weighted by Gasteiger charge is -2.25. The molecule has 1 atom stereocenters. The van der Waals surface area contributed by atoms with Crippen molar-refractivity contribution in [2.45, 2.75) is 19.4 Å². The van der Waals surface area contributed by atoms with Crippen LogP contribution in [0.2, 0.25) is 0 Å². The Morgan fingerprint density at radius 3 is 2.46 bits per heavy atom. The SMILES string of the molecule is Cc1ccc(C2Cc3cc(C(=O)Nc4ccc(Br)cc4)ccc3C(=O)O2)cc1. The Kier molecular flexibility index (Phi) is 5.01. The number of halogens is 1. The van der Waals surface area contributed by atoms with Gasteiger partial charge in [0.05, 0.1) is 5.56 Å². The molecule has 5 heteroatoms. The van der Waals surface area contributed by atoms with Crippen LogP contribution in [-0.4, -0.2) is 11.9 Å². The average Bonchev–Trinajstić information content (AvgIpc) is 2.69. The van der Waals surface area contributed by atoms with Crippen LogP contribution in [0.4, 0.5) is 5.69 Å². The van der Waals surface area contributed by atoms with E-state index in [1.165, 1.54) is 0 Å². The summed E-state index contributed by atoms with van der Waals surface area (Å²) in [6.07, 6.45) is 0.203. The first kappa shape index (κ1) is 18.4. The van der Waals surface area contributed by atoms with Crippen LogP contribution >= 0.6 is 15.9 Å². The Balaban J connectivity index is 1.57. The standard InChI is InChI=1S/C23H18BrNO3/c1-14-2-4-15(5-3-14)21-13-17-12-16(6-11-20(17)23(27)28-21)22(26)25-19-9-7-18(24)8-10-19/h2-12,21H,13H2,1H3,(H,25,26). The van der Waals surface area contributed by atoms with Crippen LogP contribution in [0.5, 0.6) is 0 Å². The molecule has 28 heavy (non-hydrogen) atoms. The van der Waals surface area contributed by atoms with Crippen molar-refractivity contribution in [3.63, 3.8) is 0 Å². The predicted octanol–water partition coefficient (Wildman–Crippen LogP) is 5.46. The Morgan fingerprint density at radius 1 is 1.04 bits per heavy atom. The smallest absolute Gasteiger partial charge is 0.339 e. The van der Waals surface area contributed by atoms with E-state index in [9.17, 15) is 9.59 Å². The van der Waals surface area contributed by atoms with Gasteiger partial charge in [0.1, 0.15) is 6.10 Å². The van der Waals surface area contributed by atoms with Crippen molar-refractivity contribution in [1.82, 2.24) is 0 Å². The van der Waals surface area contributed by atoms with E-state index in [1.807, 2.05) is 55.5 Å². The first-order valence-electron chi connectivity index (χ1n) is 8.97. The third-order valence-corrected chi connectivity index (χ3v) is 5.32. The van der Waals surface area contributed by atoms with Gasteiger partial charge in [-0.2, -0.15) is 0 Å². The number of fused-ring (bicyclic) bond motifs is 1. The molecule has 0 saturated carbocycles. The van der Waals surface area contributed by atoms with E-state index in [-0.39, 0.29) is 18.0 Å². The number of ether oxygens (including phenoxy) is 1. The maximum atomic E-state index is 12.6. The summed E-state index contributed by atoms with van der Waals surface area (Å²) >= 11 is 3.38. The van der Waals surface area contributed by atoms with Crippen LogP contribution < -0.4 is 5.32 Å². The normalized spacial score (nSPS) is 15.5. The molecule has 1 unspecified atom stereocenters. The molecule has 1 amide bonds. The van der Waals surface area contributed by atoms with E-state index in [2.05, 4.69) is 21.2 Å². The van der Waals surface area contributed by atoms with Crippen LogP contribution in [0.1, 0.15) is 43.5 Å². The molecule has 1 aliphatic heterocycles. The molecule has 0 aliphatic carbocycles. The molecule has 0 fully saturated rings. The number of carbonyl (C=O) groups is 2. The minimum atomic E-state index is -0.355. The fraction of sp³-hybridized carbons (Fsp3) is 0.130. The maximum absolute atomic E-state index is 12.6. The van der Waals surface area contributed by atoms with Crippen LogP contribution in [0, 0.1) is 6.92 Å². The van der Waals surface area contributed by atoms with Gasteiger partial charge < -0.3 is 10.1 Å². The second-order valence-electron chi connectivity index (χ2n) is 6.84. The number of carbonyl (C=O) groups excluding carboxylic acids is 2. The second kappa shape index (κ2) is 7.60. The zero-order chi connectivity index (χ0) is 19.7. The molecular weight excluding hydrogens is 418 g/mol. The lowest BCUT2D eigenvalue weighted by Crippen LogP contribution is -2.23. The largest absolute Gasteiger partial charge is 0.454 e. The van der Waals surface area contributed by atoms with E-state index in [4.69, 9.17) is 4.74 Å². The van der Waals surface area contributed by atoms with Crippen molar-refractivity contribution in [1.29, 1.82) is 0 Å². The van der Waals surface area contributed by atoms with Crippen molar-refractivity contribution in [2.24, 2.45) is 0 Å². The molecule has 0 radical (unpaired) electrons. The molecule has 0 bridgehead atoms. The van der Waals surface area contributed by atoms with Crippen LogP contribution in [0.3, 0.4) is 0 Å². The van der Waals surface area contributed by atoms with Gasteiger partial charge in [0.25, 0.3) is 5.91 Å². The van der Waals surface area contributed by atoms with Gasteiger partial charge in [-0.25, -0.2) is 4.79 Å². The van der Waals surface area contributed by atoms with E-state index < -0.39 is 0 Å². The average molecular weight is 436 g/mol. The Hall–Kier alpha value is -2.92.